The first-order valence-corrected chi connectivity index (χ1v) is 7.49. The molecule has 3 rings (SSSR count). The quantitative estimate of drug-likeness (QED) is 0.778. The van der Waals surface area contributed by atoms with Gasteiger partial charge in [-0.3, -0.25) is 0 Å². The lowest BCUT2D eigenvalue weighted by Crippen LogP contribution is -2.12. The number of aromatic hydroxyl groups is 1. The predicted octanol–water partition coefficient (Wildman–Crippen LogP) is 3.48. The van der Waals surface area contributed by atoms with Gasteiger partial charge in [-0.05, 0) is 60.9 Å². The average Bonchev–Trinajstić information content (AvgIpc) is 2.56. The Morgan fingerprint density at radius 1 is 1.26 bits per heavy atom. The minimum absolute atomic E-state index is 0.227. The molecule has 0 saturated heterocycles. The van der Waals surface area contributed by atoms with E-state index in [-0.39, 0.29) is 5.75 Å². The summed E-state index contributed by atoms with van der Waals surface area (Å²) in [4.78, 5) is 18.8. The van der Waals surface area contributed by atoms with Gasteiger partial charge in [0, 0.05) is 11.1 Å². The number of hydrogen-bond donors (Lipinski definition) is 2. The average molecular weight is 305 g/mol. The number of phenolic OH excluding ortho intramolecular Hbond substituents is 1. The van der Waals surface area contributed by atoms with E-state index in [0.717, 1.165) is 34.4 Å². The molecule has 1 aromatic heterocycles. The number of benzene rings is 2. The summed E-state index contributed by atoms with van der Waals surface area (Å²) >= 11 is 0. The molecule has 4 nitrogen and oxygen atoms in total. The maximum Gasteiger partial charge on any atom is 0.345 e. The second-order valence-corrected chi connectivity index (χ2v) is 5.42. The Kier molecular flexibility index (Phi) is 3.98. The standard InChI is InChI=1S/C19H17N2O2/c1-3-13-6-4-5-7-15(13)17-11-16(20-19(23)21-17)14-8-9-18(22)12(2)10-14/h4,6-11,22H,3H2,1-2H3,(H,20,21,23). The fourth-order valence-electron chi connectivity index (χ4n) is 2.59. The van der Waals surface area contributed by atoms with Crippen molar-refractivity contribution in [2.75, 3.05) is 0 Å². The van der Waals surface area contributed by atoms with Crippen LogP contribution in [-0.2, 0) is 6.42 Å². The summed E-state index contributed by atoms with van der Waals surface area (Å²) in [7, 11) is 0. The highest BCUT2D eigenvalue weighted by molar-refractivity contribution is 5.70. The van der Waals surface area contributed by atoms with E-state index in [2.05, 4.69) is 23.0 Å². The highest BCUT2D eigenvalue weighted by Crippen LogP contribution is 2.27. The number of H-pyrrole nitrogens is 1. The molecular weight excluding hydrogens is 288 g/mol. The zero-order valence-corrected chi connectivity index (χ0v) is 13.1. The van der Waals surface area contributed by atoms with Gasteiger partial charge in [0.2, 0.25) is 0 Å². The topological polar surface area (TPSA) is 66.0 Å². The van der Waals surface area contributed by atoms with E-state index in [0.29, 0.717) is 5.69 Å². The fraction of sp³-hybridized carbons (Fsp3) is 0.158. The molecule has 0 bridgehead atoms. The lowest BCUT2D eigenvalue weighted by atomic mass is 10.0. The molecule has 4 heteroatoms. The van der Waals surface area contributed by atoms with Crippen molar-refractivity contribution in [2.24, 2.45) is 0 Å². The van der Waals surface area contributed by atoms with Crippen molar-refractivity contribution >= 4 is 0 Å². The summed E-state index contributed by atoms with van der Waals surface area (Å²) in [6.45, 7) is 3.89. The van der Waals surface area contributed by atoms with Crippen LogP contribution >= 0.6 is 0 Å². The van der Waals surface area contributed by atoms with Crippen LogP contribution in [0.25, 0.3) is 22.5 Å². The van der Waals surface area contributed by atoms with Crippen molar-refractivity contribution in [1.82, 2.24) is 9.97 Å². The van der Waals surface area contributed by atoms with E-state index in [9.17, 15) is 9.90 Å². The second-order valence-electron chi connectivity index (χ2n) is 5.42. The van der Waals surface area contributed by atoms with Crippen molar-refractivity contribution in [1.29, 1.82) is 0 Å². The van der Waals surface area contributed by atoms with Crippen LogP contribution in [0.3, 0.4) is 0 Å². The maximum atomic E-state index is 12.0. The van der Waals surface area contributed by atoms with Gasteiger partial charge < -0.3 is 10.1 Å². The third-order valence-corrected chi connectivity index (χ3v) is 3.86. The van der Waals surface area contributed by atoms with E-state index in [1.54, 1.807) is 12.1 Å². The summed E-state index contributed by atoms with van der Waals surface area (Å²) < 4.78 is 0. The summed E-state index contributed by atoms with van der Waals surface area (Å²) in [5, 5.41) is 9.65. The first kappa shape index (κ1) is 15.0. The van der Waals surface area contributed by atoms with Crippen LogP contribution in [0.4, 0.5) is 0 Å². The number of aromatic amines is 1. The molecule has 1 radical (unpaired) electrons. The number of rotatable bonds is 3. The fourth-order valence-corrected chi connectivity index (χ4v) is 2.59. The molecule has 2 N–H and O–H groups in total. The Labute approximate surface area is 134 Å². The second kappa shape index (κ2) is 6.08. The smallest absolute Gasteiger partial charge is 0.345 e. The molecule has 2 aromatic carbocycles. The van der Waals surface area contributed by atoms with E-state index < -0.39 is 5.69 Å². The number of aromatic nitrogens is 2. The van der Waals surface area contributed by atoms with Crippen molar-refractivity contribution in [3.63, 3.8) is 0 Å². The van der Waals surface area contributed by atoms with Crippen LogP contribution in [0.15, 0.2) is 47.3 Å². The van der Waals surface area contributed by atoms with Gasteiger partial charge in [0.15, 0.2) is 0 Å². The summed E-state index contributed by atoms with van der Waals surface area (Å²) in [6.07, 6.45) is 0.863. The van der Waals surface area contributed by atoms with Crippen molar-refractivity contribution in [3.8, 4) is 28.3 Å². The Hall–Kier alpha value is -2.88. The van der Waals surface area contributed by atoms with Gasteiger partial charge in [0.05, 0.1) is 11.4 Å². The molecule has 0 aliphatic heterocycles. The van der Waals surface area contributed by atoms with Gasteiger partial charge in [0.1, 0.15) is 5.75 Å². The normalized spacial score (nSPS) is 10.7. The SMILES string of the molecule is CCc1cc[c]cc1-c1cc(-c2ccc(O)c(C)c2)nc(=O)[nH]1. The molecule has 23 heavy (non-hydrogen) atoms. The molecule has 0 fully saturated rings. The third kappa shape index (κ3) is 3.01. The molecule has 0 amide bonds. The third-order valence-electron chi connectivity index (χ3n) is 3.86. The van der Waals surface area contributed by atoms with Gasteiger partial charge >= 0.3 is 5.69 Å². The van der Waals surface area contributed by atoms with Crippen LogP contribution in [-0.4, -0.2) is 15.1 Å². The number of aryl methyl sites for hydroxylation is 2. The van der Waals surface area contributed by atoms with Crippen molar-refractivity contribution in [3.05, 3.63) is 70.1 Å². The number of nitrogens with one attached hydrogen (secondary N) is 1. The van der Waals surface area contributed by atoms with Gasteiger partial charge in [0.25, 0.3) is 0 Å². The predicted molar refractivity (Wildman–Crippen MR) is 90.3 cm³/mol. The maximum absolute atomic E-state index is 12.0. The van der Waals surface area contributed by atoms with Gasteiger partial charge in [-0.1, -0.05) is 19.1 Å². The van der Waals surface area contributed by atoms with Crippen LogP contribution < -0.4 is 5.69 Å². The van der Waals surface area contributed by atoms with Crippen LogP contribution in [0.5, 0.6) is 5.75 Å². The molecule has 0 aliphatic carbocycles. The minimum atomic E-state index is -0.394. The van der Waals surface area contributed by atoms with Gasteiger partial charge in [-0.25, -0.2) is 4.79 Å². The molecule has 0 unspecified atom stereocenters. The molecule has 3 aromatic rings. The minimum Gasteiger partial charge on any atom is -0.508 e. The molecule has 0 spiro atoms. The number of hydrogen-bond acceptors (Lipinski definition) is 3. The van der Waals surface area contributed by atoms with Crippen LogP contribution in [0.1, 0.15) is 18.1 Å². The summed E-state index contributed by atoms with van der Waals surface area (Å²) in [6, 6.07) is 15.8. The summed E-state index contributed by atoms with van der Waals surface area (Å²) in [5.74, 6) is 0.227. The number of phenols is 1. The Balaban J connectivity index is 2.16. The Morgan fingerprint density at radius 3 is 2.83 bits per heavy atom. The molecule has 0 saturated carbocycles. The first-order chi connectivity index (χ1) is 11.1. The van der Waals surface area contributed by atoms with E-state index in [1.165, 1.54) is 0 Å². The lowest BCUT2D eigenvalue weighted by Gasteiger charge is -2.09. The Morgan fingerprint density at radius 2 is 2.09 bits per heavy atom. The zero-order valence-electron chi connectivity index (χ0n) is 13.1. The number of nitrogens with zero attached hydrogens (tertiary/aromatic N) is 1. The first-order valence-electron chi connectivity index (χ1n) is 7.49. The van der Waals surface area contributed by atoms with Gasteiger partial charge in [-0.15, -0.1) is 0 Å². The molecule has 1 heterocycles. The van der Waals surface area contributed by atoms with Crippen LogP contribution in [0.2, 0.25) is 0 Å². The lowest BCUT2D eigenvalue weighted by molar-refractivity contribution is 0.471. The van der Waals surface area contributed by atoms with Gasteiger partial charge in [-0.2, -0.15) is 4.98 Å². The van der Waals surface area contributed by atoms with Crippen molar-refractivity contribution < 1.29 is 5.11 Å². The molecule has 115 valence electrons. The highest BCUT2D eigenvalue weighted by atomic mass is 16.3. The van der Waals surface area contributed by atoms with Crippen LogP contribution in [0, 0.1) is 13.0 Å². The molecule has 0 aliphatic rings. The molecular formula is C19H17N2O2. The van der Waals surface area contributed by atoms with E-state index in [1.807, 2.05) is 37.3 Å². The molecule has 0 atom stereocenters. The van der Waals surface area contributed by atoms with Crippen molar-refractivity contribution in [2.45, 2.75) is 20.3 Å². The summed E-state index contributed by atoms with van der Waals surface area (Å²) in [5.41, 5.74) is 4.54. The largest absolute Gasteiger partial charge is 0.508 e. The zero-order chi connectivity index (χ0) is 16.4. The van der Waals surface area contributed by atoms with E-state index >= 15 is 0 Å². The monoisotopic (exact) mass is 305 g/mol. The van der Waals surface area contributed by atoms with E-state index in [4.69, 9.17) is 0 Å². The Bertz CT molecular complexity index is 913. The highest BCUT2D eigenvalue weighted by Gasteiger charge is 2.09.